The maximum Gasteiger partial charge on any atom is 0.227 e. The van der Waals surface area contributed by atoms with Crippen LogP contribution in [0.3, 0.4) is 0 Å². The zero-order chi connectivity index (χ0) is 19.7. The zero-order valence-corrected chi connectivity index (χ0v) is 17.7. The predicted molar refractivity (Wildman–Crippen MR) is 115 cm³/mol. The van der Waals surface area contributed by atoms with Gasteiger partial charge in [-0.1, -0.05) is 53.5 Å². The topological polar surface area (TPSA) is 23.6 Å². The second kappa shape index (κ2) is 8.44. The average Bonchev–Trinajstić information content (AvgIpc) is 3.24. The highest BCUT2D eigenvalue weighted by Crippen LogP contribution is 2.38. The average molecular weight is 417 g/mol. The zero-order valence-electron chi connectivity index (χ0n) is 16.2. The Hall–Kier alpha value is -1.55. The summed E-state index contributed by atoms with van der Waals surface area (Å²) in [5.41, 5.74) is 3.57. The first-order chi connectivity index (χ1) is 13.5. The van der Waals surface area contributed by atoms with Gasteiger partial charge in [0.15, 0.2) is 0 Å². The standard InChI is InChI=1S/C23H26Cl2N2O/c1-26(22(28)15-16-8-10-19(24)20(25)14-16)23-18-7-3-2-6-17(18)9-11-21(23)27-12-4-5-13-27/h2-3,6-8,10,14,21,23H,4-5,9,11-13,15H2,1H3/t21-,23-/m1/s1. The number of amides is 1. The van der Waals surface area contributed by atoms with Crippen LogP contribution in [0, 0.1) is 0 Å². The number of halogens is 2. The Labute approximate surface area is 177 Å². The van der Waals surface area contributed by atoms with E-state index in [-0.39, 0.29) is 11.9 Å². The van der Waals surface area contributed by atoms with E-state index in [0.717, 1.165) is 31.5 Å². The molecule has 28 heavy (non-hydrogen) atoms. The van der Waals surface area contributed by atoms with E-state index < -0.39 is 0 Å². The van der Waals surface area contributed by atoms with E-state index in [9.17, 15) is 4.79 Å². The number of benzene rings is 2. The van der Waals surface area contributed by atoms with Gasteiger partial charge in [0.25, 0.3) is 0 Å². The molecule has 0 bridgehead atoms. The van der Waals surface area contributed by atoms with Crippen molar-refractivity contribution in [2.45, 2.75) is 44.2 Å². The van der Waals surface area contributed by atoms with Gasteiger partial charge in [-0.05, 0) is 67.6 Å². The monoisotopic (exact) mass is 416 g/mol. The minimum absolute atomic E-state index is 0.0957. The summed E-state index contributed by atoms with van der Waals surface area (Å²) in [6.45, 7) is 2.27. The number of carbonyl (C=O) groups is 1. The van der Waals surface area contributed by atoms with Gasteiger partial charge in [0.2, 0.25) is 5.91 Å². The molecule has 1 saturated heterocycles. The molecule has 4 rings (SSSR count). The van der Waals surface area contributed by atoms with Crippen LogP contribution in [0.15, 0.2) is 42.5 Å². The minimum Gasteiger partial charge on any atom is -0.337 e. The number of likely N-dealkylation sites (tertiary alicyclic amines) is 1. The van der Waals surface area contributed by atoms with Gasteiger partial charge in [-0.2, -0.15) is 0 Å². The maximum atomic E-state index is 13.2. The molecule has 1 fully saturated rings. The molecule has 2 aromatic rings. The van der Waals surface area contributed by atoms with Crippen LogP contribution >= 0.6 is 23.2 Å². The SMILES string of the molecule is CN(C(=O)Cc1ccc(Cl)c(Cl)c1)[C@@H]1c2ccccc2CC[C@H]1N1CCCC1. The lowest BCUT2D eigenvalue weighted by atomic mass is 9.82. The molecular weight excluding hydrogens is 391 g/mol. The summed E-state index contributed by atoms with van der Waals surface area (Å²) in [6.07, 6.45) is 5.03. The van der Waals surface area contributed by atoms with E-state index in [0.29, 0.717) is 22.5 Å². The van der Waals surface area contributed by atoms with Crippen LogP contribution in [0.25, 0.3) is 0 Å². The van der Waals surface area contributed by atoms with E-state index in [2.05, 4.69) is 29.2 Å². The fourth-order valence-electron chi connectivity index (χ4n) is 4.75. The van der Waals surface area contributed by atoms with Crippen LogP contribution in [-0.2, 0) is 17.6 Å². The molecule has 0 saturated carbocycles. The molecule has 1 heterocycles. The fraction of sp³-hybridized carbons (Fsp3) is 0.435. The van der Waals surface area contributed by atoms with Crippen LogP contribution in [0.1, 0.15) is 42.0 Å². The van der Waals surface area contributed by atoms with Crippen molar-refractivity contribution in [1.29, 1.82) is 0 Å². The molecule has 3 nitrogen and oxygen atoms in total. The van der Waals surface area contributed by atoms with E-state index in [1.807, 2.05) is 18.0 Å². The van der Waals surface area contributed by atoms with Crippen LogP contribution in [0.2, 0.25) is 10.0 Å². The minimum atomic E-state index is 0.0957. The van der Waals surface area contributed by atoms with E-state index in [1.165, 1.54) is 24.0 Å². The van der Waals surface area contributed by atoms with Crippen molar-refractivity contribution in [2.75, 3.05) is 20.1 Å². The summed E-state index contributed by atoms with van der Waals surface area (Å²) in [6, 6.07) is 14.5. The quantitative estimate of drug-likeness (QED) is 0.687. The summed E-state index contributed by atoms with van der Waals surface area (Å²) in [5, 5.41) is 1.01. The molecule has 0 spiro atoms. The van der Waals surface area contributed by atoms with Crippen LogP contribution in [0.4, 0.5) is 0 Å². The second-order valence-corrected chi connectivity index (χ2v) is 8.74. The highest BCUT2D eigenvalue weighted by molar-refractivity contribution is 6.42. The molecule has 1 aliphatic carbocycles. The van der Waals surface area contributed by atoms with Crippen molar-refractivity contribution in [2.24, 2.45) is 0 Å². The third-order valence-corrected chi connectivity index (χ3v) is 6.95. The lowest BCUT2D eigenvalue weighted by Crippen LogP contribution is -2.48. The van der Waals surface area contributed by atoms with Crippen molar-refractivity contribution >= 4 is 29.1 Å². The Bertz CT molecular complexity index is 863. The first kappa shape index (κ1) is 19.8. The van der Waals surface area contributed by atoms with Gasteiger partial charge in [-0.25, -0.2) is 0 Å². The molecule has 1 amide bonds. The van der Waals surface area contributed by atoms with Gasteiger partial charge < -0.3 is 4.90 Å². The van der Waals surface area contributed by atoms with Crippen molar-refractivity contribution in [3.63, 3.8) is 0 Å². The second-order valence-electron chi connectivity index (χ2n) is 7.92. The number of rotatable bonds is 4. The van der Waals surface area contributed by atoms with Crippen LogP contribution < -0.4 is 0 Å². The summed E-state index contributed by atoms with van der Waals surface area (Å²) in [5.74, 6) is 0.115. The third-order valence-electron chi connectivity index (χ3n) is 6.21. The normalized spacial score (nSPS) is 22.1. The molecule has 0 aromatic heterocycles. The van der Waals surface area contributed by atoms with Crippen LogP contribution in [-0.4, -0.2) is 41.9 Å². The summed E-state index contributed by atoms with van der Waals surface area (Å²) in [4.78, 5) is 17.8. The van der Waals surface area contributed by atoms with Crippen molar-refractivity contribution < 1.29 is 4.79 Å². The lowest BCUT2D eigenvalue weighted by Gasteiger charge is -2.43. The van der Waals surface area contributed by atoms with Crippen molar-refractivity contribution in [3.05, 3.63) is 69.2 Å². The fourth-order valence-corrected chi connectivity index (χ4v) is 5.07. The van der Waals surface area contributed by atoms with E-state index in [1.54, 1.807) is 12.1 Å². The van der Waals surface area contributed by atoms with Gasteiger partial charge in [-0.15, -0.1) is 0 Å². The number of hydrogen-bond donors (Lipinski definition) is 0. The first-order valence-corrected chi connectivity index (χ1v) is 10.8. The molecule has 0 radical (unpaired) electrons. The smallest absolute Gasteiger partial charge is 0.227 e. The molecular formula is C23H26Cl2N2O. The number of fused-ring (bicyclic) bond motifs is 1. The Morgan fingerprint density at radius 2 is 1.86 bits per heavy atom. The highest BCUT2D eigenvalue weighted by atomic mass is 35.5. The molecule has 2 atom stereocenters. The molecule has 1 aliphatic heterocycles. The maximum absolute atomic E-state index is 13.2. The Morgan fingerprint density at radius 1 is 1.11 bits per heavy atom. The summed E-state index contributed by atoms with van der Waals surface area (Å²) in [7, 11) is 1.95. The number of hydrogen-bond acceptors (Lipinski definition) is 2. The van der Waals surface area contributed by atoms with Crippen molar-refractivity contribution in [3.8, 4) is 0 Å². The Morgan fingerprint density at radius 3 is 2.61 bits per heavy atom. The Kier molecular flexibility index (Phi) is 5.96. The van der Waals surface area contributed by atoms with Gasteiger partial charge in [0.1, 0.15) is 0 Å². The summed E-state index contributed by atoms with van der Waals surface area (Å²) >= 11 is 12.2. The van der Waals surface area contributed by atoms with E-state index in [4.69, 9.17) is 23.2 Å². The molecule has 0 N–H and O–H groups in total. The molecule has 2 aliphatic rings. The lowest BCUT2D eigenvalue weighted by molar-refractivity contribution is -0.133. The molecule has 148 valence electrons. The number of likely N-dealkylation sites (N-methyl/N-ethyl adjacent to an activating group) is 1. The number of aryl methyl sites for hydroxylation is 1. The molecule has 2 aromatic carbocycles. The van der Waals surface area contributed by atoms with Crippen LogP contribution in [0.5, 0.6) is 0 Å². The van der Waals surface area contributed by atoms with Gasteiger partial charge in [0, 0.05) is 13.1 Å². The highest BCUT2D eigenvalue weighted by Gasteiger charge is 2.38. The third kappa shape index (κ3) is 3.94. The number of carbonyl (C=O) groups excluding carboxylic acids is 1. The predicted octanol–water partition coefficient (Wildman–Crippen LogP) is 5.15. The van der Waals surface area contributed by atoms with E-state index >= 15 is 0 Å². The molecule has 0 unspecified atom stereocenters. The van der Waals surface area contributed by atoms with Crippen molar-refractivity contribution in [1.82, 2.24) is 9.80 Å². The first-order valence-electron chi connectivity index (χ1n) is 10.1. The molecule has 5 heteroatoms. The largest absolute Gasteiger partial charge is 0.337 e. The van der Waals surface area contributed by atoms with Gasteiger partial charge in [-0.3, -0.25) is 9.69 Å². The Balaban J connectivity index is 1.60. The van der Waals surface area contributed by atoms with Gasteiger partial charge >= 0.3 is 0 Å². The summed E-state index contributed by atoms with van der Waals surface area (Å²) < 4.78 is 0. The van der Waals surface area contributed by atoms with Gasteiger partial charge in [0.05, 0.1) is 22.5 Å². The number of nitrogens with zero attached hydrogens (tertiary/aromatic N) is 2.